The normalized spacial score (nSPS) is 14.2. The van der Waals surface area contributed by atoms with Crippen molar-refractivity contribution in [3.8, 4) is 0 Å². The van der Waals surface area contributed by atoms with E-state index in [1.165, 1.54) is 12.1 Å². The Labute approximate surface area is 99.2 Å². The summed E-state index contributed by atoms with van der Waals surface area (Å²) in [6.45, 7) is 1.75. The number of hydrogen-bond donors (Lipinski definition) is 0. The molecule has 0 aliphatic carbocycles. The summed E-state index contributed by atoms with van der Waals surface area (Å²) in [6.07, 6.45) is 2.23. The smallest absolute Gasteiger partial charge is 0.269 e. The van der Waals surface area contributed by atoms with Crippen LogP contribution in [0.25, 0.3) is 0 Å². The minimum atomic E-state index is -0.422. The number of nitrogens with zero attached hydrogens (tertiary/aromatic N) is 2. The van der Waals surface area contributed by atoms with Crippen molar-refractivity contribution in [1.29, 1.82) is 0 Å². The number of carbonyl (C=O) groups is 1. The highest BCUT2D eigenvalue weighted by atomic mass is 16.6. The second-order valence-corrected chi connectivity index (χ2v) is 4.16. The maximum atomic E-state index is 11.6. The number of aryl methyl sites for hydroxylation is 1. The Morgan fingerprint density at radius 2 is 1.94 bits per heavy atom. The fourth-order valence-electron chi connectivity index (χ4n) is 1.76. The van der Waals surface area contributed by atoms with E-state index in [0.29, 0.717) is 12.8 Å². The van der Waals surface area contributed by atoms with Crippen LogP contribution in [-0.2, 0) is 11.2 Å². The van der Waals surface area contributed by atoms with E-state index in [4.69, 9.17) is 0 Å². The summed E-state index contributed by atoms with van der Waals surface area (Å²) in [5, 5.41) is 10.5. The lowest BCUT2D eigenvalue weighted by molar-refractivity contribution is -0.384. The minimum absolute atomic E-state index is 0.0859. The van der Waals surface area contributed by atoms with Gasteiger partial charge in [-0.05, 0) is 18.4 Å². The number of hydrogen-bond acceptors (Lipinski definition) is 3. The third-order valence-electron chi connectivity index (χ3n) is 2.98. The number of nitro benzene ring substituents is 1. The Morgan fingerprint density at radius 3 is 2.41 bits per heavy atom. The Balaban J connectivity index is 1.86. The molecule has 1 aromatic carbocycles. The Kier molecular flexibility index (Phi) is 3.37. The lowest BCUT2D eigenvalue weighted by Crippen LogP contribution is -2.42. The van der Waals surface area contributed by atoms with Crippen molar-refractivity contribution in [2.45, 2.75) is 19.3 Å². The molecule has 1 aliphatic heterocycles. The topological polar surface area (TPSA) is 63.4 Å². The summed E-state index contributed by atoms with van der Waals surface area (Å²) in [7, 11) is 0. The maximum absolute atomic E-state index is 11.6. The fraction of sp³-hybridized carbons (Fsp3) is 0.417. The highest BCUT2D eigenvalue weighted by Gasteiger charge is 2.19. The molecule has 1 aromatic rings. The van der Waals surface area contributed by atoms with Crippen molar-refractivity contribution >= 4 is 11.6 Å². The number of carbonyl (C=O) groups excluding carboxylic acids is 1. The largest absolute Gasteiger partial charge is 0.343 e. The summed E-state index contributed by atoms with van der Waals surface area (Å²) in [4.78, 5) is 23.5. The van der Waals surface area contributed by atoms with Crippen molar-refractivity contribution < 1.29 is 9.72 Å². The summed E-state index contributed by atoms with van der Waals surface area (Å²) in [5.74, 6) is 0.176. The number of nitro groups is 1. The van der Waals surface area contributed by atoms with Crippen molar-refractivity contribution in [2.75, 3.05) is 13.1 Å². The maximum Gasteiger partial charge on any atom is 0.269 e. The number of benzene rings is 1. The first-order valence-corrected chi connectivity index (χ1v) is 5.68. The molecule has 0 atom stereocenters. The van der Waals surface area contributed by atoms with Gasteiger partial charge in [-0.1, -0.05) is 12.1 Å². The molecule has 5 nitrogen and oxygen atoms in total. The molecular weight excluding hydrogens is 220 g/mol. The van der Waals surface area contributed by atoms with Crippen LogP contribution >= 0.6 is 0 Å². The van der Waals surface area contributed by atoms with Gasteiger partial charge in [0.25, 0.3) is 5.69 Å². The van der Waals surface area contributed by atoms with E-state index in [9.17, 15) is 14.9 Å². The van der Waals surface area contributed by atoms with E-state index in [2.05, 4.69) is 0 Å². The lowest BCUT2D eigenvalue weighted by atomic mass is 10.1. The third kappa shape index (κ3) is 2.81. The van der Waals surface area contributed by atoms with Gasteiger partial charge >= 0.3 is 0 Å². The van der Waals surface area contributed by atoms with Gasteiger partial charge in [-0.2, -0.15) is 0 Å². The van der Waals surface area contributed by atoms with E-state index >= 15 is 0 Å². The van der Waals surface area contributed by atoms with Crippen LogP contribution in [0.5, 0.6) is 0 Å². The predicted octanol–water partition coefficient (Wildman–Crippen LogP) is 1.76. The number of amides is 1. The molecule has 0 spiro atoms. The van der Waals surface area contributed by atoms with Gasteiger partial charge in [-0.15, -0.1) is 0 Å². The molecule has 0 radical (unpaired) electrons. The Morgan fingerprint density at radius 1 is 1.29 bits per heavy atom. The molecular formula is C12H14N2O3. The molecule has 2 rings (SSSR count). The summed E-state index contributed by atoms with van der Waals surface area (Å²) >= 11 is 0. The van der Waals surface area contributed by atoms with E-state index in [0.717, 1.165) is 25.1 Å². The average molecular weight is 234 g/mol. The van der Waals surface area contributed by atoms with E-state index in [1.54, 1.807) is 12.1 Å². The molecule has 0 N–H and O–H groups in total. The molecule has 5 heteroatoms. The van der Waals surface area contributed by atoms with Crippen LogP contribution in [-0.4, -0.2) is 28.8 Å². The van der Waals surface area contributed by atoms with Crippen LogP contribution in [0.2, 0.25) is 0 Å². The molecule has 0 saturated carbocycles. The molecule has 0 bridgehead atoms. The molecule has 1 heterocycles. The van der Waals surface area contributed by atoms with Gasteiger partial charge < -0.3 is 4.90 Å². The Bertz CT molecular complexity index is 424. The predicted molar refractivity (Wildman–Crippen MR) is 62.6 cm³/mol. The van der Waals surface area contributed by atoms with Gasteiger partial charge in [0, 0.05) is 31.6 Å². The summed E-state index contributed by atoms with van der Waals surface area (Å²) < 4.78 is 0. The van der Waals surface area contributed by atoms with Crippen molar-refractivity contribution in [2.24, 2.45) is 0 Å². The highest BCUT2D eigenvalue weighted by Crippen LogP contribution is 2.14. The molecule has 1 fully saturated rings. The number of likely N-dealkylation sites (tertiary alicyclic amines) is 1. The summed E-state index contributed by atoms with van der Waals surface area (Å²) in [6, 6.07) is 6.37. The molecule has 1 amide bonds. The van der Waals surface area contributed by atoms with Crippen molar-refractivity contribution in [3.63, 3.8) is 0 Å². The SMILES string of the molecule is O=C(CCc1ccc([N+](=O)[O-])cc1)N1CCC1. The van der Waals surface area contributed by atoms with Crippen molar-refractivity contribution in [1.82, 2.24) is 4.90 Å². The van der Waals surface area contributed by atoms with Gasteiger partial charge in [-0.25, -0.2) is 0 Å². The second-order valence-electron chi connectivity index (χ2n) is 4.16. The molecule has 17 heavy (non-hydrogen) atoms. The number of rotatable bonds is 4. The molecule has 1 aliphatic rings. The zero-order valence-corrected chi connectivity index (χ0v) is 9.46. The molecule has 1 saturated heterocycles. The van der Waals surface area contributed by atoms with Gasteiger partial charge in [0.05, 0.1) is 4.92 Å². The lowest BCUT2D eigenvalue weighted by Gasteiger charge is -2.30. The van der Waals surface area contributed by atoms with Crippen LogP contribution in [0.3, 0.4) is 0 Å². The van der Waals surface area contributed by atoms with Crippen molar-refractivity contribution in [3.05, 3.63) is 39.9 Å². The first-order valence-electron chi connectivity index (χ1n) is 5.68. The molecule has 0 unspecified atom stereocenters. The van der Waals surface area contributed by atoms with Gasteiger partial charge in [0.15, 0.2) is 0 Å². The quantitative estimate of drug-likeness (QED) is 0.589. The first kappa shape index (κ1) is 11.6. The Hall–Kier alpha value is -1.91. The van der Waals surface area contributed by atoms with Crippen LogP contribution < -0.4 is 0 Å². The van der Waals surface area contributed by atoms with Gasteiger partial charge in [0.1, 0.15) is 0 Å². The highest BCUT2D eigenvalue weighted by molar-refractivity contribution is 5.77. The van der Waals surface area contributed by atoms with Crippen LogP contribution in [0.15, 0.2) is 24.3 Å². The number of non-ortho nitro benzene ring substituents is 1. The van der Waals surface area contributed by atoms with E-state index in [-0.39, 0.29) is 11.6 Å². The van der Waals surface area contributed by atoms with Crippen LogP contribution in [0.1, 0.15) is 18.4 Å². The third-order valence-corrected chi connectivity index (χ3v) is 2.98. The van der Waals surface area contributed by atoms with Gasteiger partial charge in [0.2, 0.25) is 5.91 Å². The van der Waals surface area contributed by atoms with E-state index in [1.807, 2.05) is 4.90 Å². The zero-order chi connectivity index (χ0) is 12.3. The van der Waals surface area contributed by atoms with Crippen LogP contribution in [0.4, 0.5) is 5.69 Å². The standard InChI is InChI=1S/C12H14N2O3/c15-12(13-8-1-9-13)7-4-10-2-5-11(6-3-10)14(16)17/h2-3,5-6H,1,4,7-9H2. The van der Waals surface area contributed by atoms with Gasteiger partial charge in [-0.3, -0.25) is 14.9 Å². The molecule has 0 aromatic heterocycles. The first-order chi connectivity index (χ1) is 8.16. The monoisotopic (exact) mass is 234 g/mol. The zero-order valence-electron chi connectivity index (χ0n) is 9.46. The van der Waals surface area contributed by atoms with E-state index < -0.39 is 4.92 Å². The van der Waals surface area contributed by atoms with Crippen LogP contribution in [0, 0.1) is 10.1 Å². The second kappa shape index (κ2) is 4.95. The fourth-order valence-corrected chi connectivity index (χ4v) is 1.76. The average Bonchev–Trinajstić information content (AvgIpc) is 2.24. The minimum Gasteiger partial charge on any atom is -0.343 e. The molecule has 90 valence electrons. The summed E-state index contributed by atoms with van der Waals surface area (Å²) in [5.41, 5.74) is 1.05.